The third-order valence-electron chi connectivity index (χ3n) is 1.09. The Morgan fingerprint density at radius 2 is 2.09 bits per heavy atom. The molecule has 1 atom stereocenters. The molecular formula is C5H10NO4P. The number of aliphatic carboxylic acids is 1. The number of hydrogen-bond donors (Lipinski definition) is 3. The van der Waals surface area contributed by atoms with Crippen molar-refractivity contribution in [1.82, 2.24) is 0 Å². The van der Waals surface area contributed by atoms with Gasteiger partial charge < -0.3 is 14.8 Å². The number of rotatable bonds is 5. The molecule has 0 amide bonds. The first kappa shape index (κ1) is 10.3. The summed E-state index contributed by atoms with van der Waals surface area (Å²) in [6.45, 7) is 0. The predicted octanol–water partition coefficient (Wildman–Crippen LogP) is -0.00963. The molecule has 11 heavy (non-hydrogen) atoms. The van der Waals surface area contributed by atoms with Gasteiger partial charge in [0, 0.05) is 12.6 Å². The molecule has 0 aliphatic rings. The van der Waals surface area contributed by atoms with E-state index in [0.29, 0.717) is 0 Å². The lowest BCUT2D eigenvalue weighted by Gasteiger charge is -1.96. The zero-order valence-corrected chi connectivity index (χ0v) is 6.83. The number of aliphatic hydroxyl groups is 1. The van der Waals surface area contributed by atoms with Crippen LogP contribution in [0.5, 0.6) is 0 Å². The van der Waals surface area contributed by atoms with Crippen molar-refractivity contribution >= 4 is 19.5 Å². The number of nitrogens with one attached hydrogen (secondary N) is 1. The highest BCUT2D eigenvalue weighted by atomic mass is 31.1. The van der Waals surface area contributed by atoms with E-state index < -0.39 is 25.8 Å². The smallest absolute Gasteiger partial charge is 0.349 e. The minimum Gasteiger partial charge on any atom is -0.477 e. The van der Waals surface area contributed by atoms with Crippen LogP contribution >= 0.6 is 7.80 Å². The van der Waals surface area contributed by atoms with Crippen LogP contribution in [0.25, 0.3) is 0 Å². The van der Waals surface area contributed by atoms with Crippen LogP contribution in [-0.2, 0) is 9.36 Å². The highest BCUT2D eigenvalue weighted by Gasteiger charge is 2.07. The summed E-state index contributed by atoms with van der Waals surface area (Å²) in [5, 5.41) is 23.3. The van der Waals surface area contributed by atoms with Gasteiger partial charge >= 0.3 is 5.97 Å². The molecule has 0 rings (SSSR count). The third-order valence-corrected chi connectivity index (χ3v) is 2.25. The van der Waals surface area contributed by atoms with Crippen molar-refractivity contribution in [1.29, 1.82) is 5.41 Å². The molecule has 1 unspecified atom stereocenters. The van der Waals surface area contributed by atoms with Gasteiger partial charge in [-0.15, -0.1) is 0 Å². The van der Waals surface area contributed by atoms with E-state index in [0.717, 1.165) is 0 Å². The maximum Gasteiger partial charge on any atom is 0.349 e. The van der Waals surface area contributed by atoms with E-state index in [2.05, 4.69) is 0 Å². The molecule has 0 fully saturated rings. The summed E-state index contributed by atoms with van der Waals surface area (Å²) in [7, 11) is -2.06. The Kier molecular flexibility index (Phi) is 4.74. The topological polar surface area (TPSA) is 98.5 Å². The molecule has 0 aromatic heterocycles. The molecule has 0 aliphatic carbocycles. The minimum absolute atomic E-state index is 0.0340. The van der Waals surface area contributed by atoms with Crippen molar-refractivity contribution in [3.63, 3.8) is 0 Å². The second-order valence-corrected chi connectivity index (χ2v) is 3.87. The molecular weight excluding hydrogens is 169 g/mol. The zero-order valence-electron chi connectivity index (χ0n) is 5.83. The summed E-state index contributed by atoms with van der Waals surface area (Å²) in [5.74, 6) is -1.29. The van der Waals surface area contributed by atoms with Gasteiger partial charge in [-0.05, 0) is 0 Å². The van der Waals surface area contributed by atoms with Gasteiger partial charge in [0.15, 0.2) is 0 Å². The fourth-order valence-corrected chi connectivity index (χ4v) is 1.14. The molecule has 3 N–H and O–H groups in total. The van der Waals surface area contributed by atoms with Crippen molar-refractivity contribution in [2.45, 2.75) is 6.42 Å². The highest BCUT2D eigenvalue weighted by Crippen LogP contribution is 2.18. The number of carboxylic acids is 1. The predicted molar refractivity (Wildman–Crippen MR) is 40.9 cm³/mol. The maximum atomic E-state index is 10.6. The molecule has 0 saturated carbocycles. The Morgan fingerprint density at radius 1 is 1.55 bits per heavy atom. The van der Waals surface area contributed by atoms with E-state index in [1.165, 1.54) is 0 Å². The van der Waals surface area contributed by atoms with E-state index in [1.54, 1.807) is 0 Å². The van der Waals surface area contributed by atoms with Gasteiger partial charge in [-0.1, -0.05) is 0 Å². The van der Waals surface area contributed by atoms with Crippen LogP contribution in [0.4, 0.5) is 0 Å². The molecule has 0 aliphatic heterocycles. The fraction of sp³-hybridized carbons (Fsp3) is 0.600. The van der Waals surface area contributed by atoms with Crippen molar-refractivity contribution < 1.29 is 19.6 Å². The minimum atomic E-state index is -2.06. The maximum absolute atomic E-state index is 10.6. The zero-order chi connectivity index (χ0) is 8.85. The van der Waals surface area contributed by atoms with Crippen molar-refractivity contribution in [3.05, 3.63) is 0 Å². The van der Waals surface area contributed by atoms with Gasteiger partial charge in [0.2, 0.25) is 0 Å². The lowest BCUT2D eigenvalue weighted by atomic mass is 10.3. The summed E-state index contributed by atoms with van der Waals surface area (Å²) < 4.78 is 10.6. The lowest BCUT2D eigenvalue weighted by Crippen LogP contribution is -2.11. The highest BCUT2D eigenvalue weighted by molar-refractivity contribution is 7.44. The first-order valence-electron chi connectivity index (χ1n) is 3.01. The Labute approximate surface area is 64.3 Å². The SMILES string of the molecule is N=C(CC[PH](=O)CO)C(=O)O. The van der Waals surface area contributed by atoms with Crippen LogP contribution in [0, 0.1) is 5.41 Å². The van der Waals surface area contributed by atoms with E-state index >= 15 is 0 Å². The number of carbonyl (C=O) groups is 1. The molecule has 6 heteroatoms. The Hall–Kier alpha value is -0.670. The molecule has 0 aromatic carbocycles. The molecule has 0 spiro atoms. The normalized spacial score (nSPS) is 12.5. The van der Waals surface area contributed by atoms with Crippen LogP contribution in [0.3, 0.4) is 0 Å². The van der Waals surface area contributed by atoms with Crippen molar-refractivity contribution in [2.24, 2.45) is 0 Å². The molecule has 0 heterocycles. The van der Waals surface area contributed by atoms with E-state index in [1.807, 2.05) is 0 Å². The van der Waals surface area contributed by atoms with Gasteiger partial charge in [0.05, 0.1) is 6.35 Å². The largest absolute Gasteiger partial charge is 0.477 e. The summed E-state index contributed by atoms with van der Waals surface area (Å²) >= 11 is 0. The number of hydrogen-bond acceptors (Lipinski definition) is 4. The Balaban J connectivity index is 3.63. The van der Waals surface area contributed by atoms with Gasteiger partial charge in [-0.3, -0.25) is 5.41 Å². The van der Waals surface area contributed by atoms with Gasteiger partial charge in [-0.25, -0.2) is 4.79 Å². The third kappa shape index (κ3) is 4.70. The van der Waals surface area contributed by atoms with Gasteiger partial charge in [0.25, 0.3) is 0 Å². The standard InChI is InChI=1S/C5H10NO4P/c6-4(5(8)9)1-2-11(10)3-7/h6-7,11H,1-3H2,(H,8,9). The summed E-state index contributed by atoms with van der Waals surface area (Å²) in [4.78, 5) is 10.0. The quantitative estimate of drug-likeness (QED) is 0.408. The average molecular weight is 179 g/mol. The second kappa shape index (κ2) is 5.04. The molecule has 0 bridgehead atoms. The monoisotopic (exact) mass is 179 g/mol. The first-order valence-corrected chi connectivity index (χ1v) is 4.83. The Bertz CT molecular complexity index is 191. The molecule has 5 nitrogen and oxygen atoms in total. The van der Waals surface area contributed by atoms with E-state index in [-0.39, 0.29) is 12.6 Å². The van der Waals surface area contributed by atoms with Crippen LogP contribution in [-0.4, -0.2) is 34.4 Å². The van der Waals surface area contributed by atoms with E-state index in [9.17, 15) is 9.36 Å². The van der Waals surface area contributed by atoms with Crippen molar-refractivity contribution in [3.8, 4) is 0 Å². The van der Waals surface area contributed by atoms with E-state index in [4.69, 9.17) is 15.6 Å². The summed E-state index contributed by atoms with van der Waals surface area (Å²) in [6.07, 6.45) is -0.336. The second-order valence-electron chi connectivity index (χ2n) is 1.98. The molecule has 0 radical (unpaired) electrons. The lowest BCUT2D eigenvalue weighted by molar-refractivity contribution is -0.129. The van der Waals surface area contributed by atoms with Crippen LogP contribution in [0.15, 0.2) is 0 Å². The average Bonchev–Trinajstić information content (AvgIpc) is 1.99. The van der Waals surface area contributed by atoms with Crippen LogP contribution in [0.2, 0.25) is 0 Å². The summed E-state index contributed by atoms with van der Waals surface area (Å²) in [6, 6.07) is 0. The van der Waals surface area contributed by atoms with Gasteiger partial charge in [0.1, 0.15) is 13.5 Å². The summed E-state index contributed by atoms with van der Waals surface area (Å²) in [5.41, 5.74) is -0.461. The fourth-order valence-electron chi connectivity index (χ4n) is 0.450. The Morgan fingerprint density at radius 3 is 2.45 bits per heavy atom. The first-order chi connectivity index (χ1) is 5.07. The van der Waals surface area contributed by atoms with Gasteiger partial charge in [-0.2, -0.15) is 0 Å². The van der Waals surface area contributed by atoms with Crippen molar-refractivity contribution in [2.75, 3.05) is 12.5 Å². The molecule has 0 saturated heterocycles. The molecule has 0 aromatic rings. The molecule has 64 valence electrons. The van der Waals surface area contributed by atoms with Crippen LogP contribution in [0.1, 0.15) is 6.42 Å². The number of carboxylic acid groups (broad SMARTS) is 1. The number of aliphatic hydroxyl groups excluding tert-OH is 1. The van der Waals surface area contributed by atoms with Crippen LogP contribution < -0.4 is 0 Å².